The van der Waals surface area contributed by atoms with Gasteiger partial charge in [-0.1, -0.05) is 18.2 Å². The van der Waals surface area contributed by atoms with Gasteiger partial charge in [-0.05, 0) is 25.5 Å². The van der Waals surface area contributed by atoms with Crippen molar-refractivity contribution in [3.8, 4) is 0 Å². The van der Waals surface area contributed by atoms with Crippen molar-refractivity contribution in [3.05, 3.63) is 45.9 Å². The van der Waals surface area contributed by atoms with E-state index >= 15 is 0 Å². The summed E-state index contributed by atoms with van der Waals surface area (Å²) in [6.07, 6.45) is 0. The SMILES string of the molecule is Cc1nc(C(=O)NC(C)c2ccccc2N)cs1. The fourth-order valence-corrected chi connectivity index (χ4v) is 2.31. The topological polar surface area (TPSA) is 68.0 Å². The number of nitrogen functional groups attached to an aromatic ring is 1. The van der Waals surface area contributed by atoms with Crippen molar-refractivity contribution in [2.45, 2.75) is 19.9 Å². The highest BCUT2D eigenvalue weighted by molar-refractivity contribution is 7.09. The number of aryl methyl sites for hydroxylation is 1. The highest BCUT2D eigenvalue weighted by Gasteiger charge is 2.14. The molecule has 0 saturated heterocycles. The fourth-order valence-electron chi connectivity index (χ4n) is 1.72. The summed E-state index contributed by atoms with van der Waals surface area (Å²) in [5.74, 6) is -0.171. The van der Waals surface area contributed by atoms with Crippen molar-refractivity contribution in [2.75, 3.05) is 5.73 Å². The first kappa shape index (κ1) is 12.6. The Morgan fingerprint density at radius 1 is 1.44 bits per heavy atom. The highest BCUT2D eigenvalue weighted by Crippen LogP contribution is 2.20. The van der Waals surface area contributed by atoms with Gasteiger partial charge < -0.3 is 11.1 Å². The van der Waals surface area contributed by atoms with E-state index in [-0.39, 0.29) is 11.9 Å². The molecular weight excluding hydrogens is 246 g/mol. The van der Waals surface area contributed by atoms with Crippen LogP contribution in [0.5, 0.6) is 0 Å². The smallest absolute Gasteiger partial charge is 0.271 e. The average molecular weight is 261 g/mol. The summed E-state index contributed by atoms with van der Waals surface area (Å²) in [7, 11) is 0. The van der Waals surface area contributed by atoms with Gasteiger partial charge in [0, 0.05) is 11.1 Å². The van der Waals surface area contributed by atoms with Crippen LogP contribution >= 0.6 is 11.3 Å². The van der Waals surface area contributed by atoms with Crippen LogP contribution in [0, 0.1) is 6.92 Å². The molecule has 94 valence electrons. The number of thiazole rings is 1. The molecule has 0 saturated carbocycles. The molecule has 0 aliphatic rings. The number of anilines is 1. The van der Waals surface area contributed by atoms with E-state index < -0.39 is 0 Å². The molecule has 0 aliphatic heterocycles. The molecule has 1 unspecified atom stereocenters. The third kappa shape index (κ3) is 2.68. The predicted molar refractivity (Wildman–Crippen MR) is 73.6 cm³/mol. The molecule has 1 amide bonds. The summed E-state index contributed by atoms with van der Waals surface area (Å²) in [5.41, 5.74) is 7.93. The van der Waals surface area contributed by atoms with Gasteiger partial charge in [-0.3, -0.25) is 4.79 Å². The summed E-state index contributed by atoms with van der Waals surface area (Å²) in [4.78, 5) is 16.1. The Bertz CT molecular complexity index is 565. The number of nitrogens with zero attached hydrogens (tertiary/aromatic N) is 1. The number of carbonyl (C=O) groups is 1. The minimum atomic E-state index is -0.171. The second-order valence-electron chi connectivity index (χ2n) is 4.08. The molecule has 2 rings (SSSR count). The normalized spacial score (nSPS) is 12.1. The van der Waals surface area contributed by atoms with E-state index in [0.29, 0.717) is 11.4 Å². The Balaban J connectivity index is 2.10. The molecule has 3 N–H and O–H groups in total. The van der Waals surface area contributed by atoms with Crippen LogP contribution in [-0.4, -0.2) is 10.9 Å². The van der Waals surface area contributed by atoms with E-state index in [1.54, 1.807) is 5.38 Å². The van der Waals surface area contributed by atoms with Gasteiger partial charge in [0.15, 0.2) is 0 Å². The van der Waals surface area contributed by atoms with Crippen LogP contribution in [0.3, 0.4) is 0 Å². The van der Waals surface area contributed by atoms with Crippen molar-refractivity contribution in [3.63, 3.8) is 0 Å². The first-order valence-corrected chi connectivity index (χ1v) is 6.53. The van der Waals surface area contributed by atoms with Crippen LogP contribution < -0.4 is 11.1 Å². The molecule has 1 aromatic heterocycles. The van der Waals surface area contributed by atoms with Gasteiger partial charge in [-0.15, -0.1) is 11.3 Å². The summed E-state index contributed by atoms with van der Waals surface area (Å²) in [5, 5.41) is 5.53. The predicted octanol–water partition coefficient (Wildman–Crippen LogP) is 2.52. The maximum Gasteiger partial charge on any atom is 0.271 e. The molecular formula is C13H15N3OS. The Morgan fingerprint density at radius 3 is 2.78 bits per heavy atom. The average Bonchev–Trinajstić information content (AvgIpc) is 2.76. The maximum absolute atomic E-state index is 11.9. The monoisotopic (exact) mass is 261 g/mol. The number of benzene rings is 1. The zero-order valence-electron chi connectivity index (χ0n) is 10.3. The van der Waals surface area contributed by atoms with Crippen LogP contribution in [0.25, 0.3) is 0 Å². The molecule has 0 spiro atoms. The Labute approximate surface area is 110 Å². The number of aromatic nitrogens is 1. The van der Waals surface area contributed by atoms with E-state index in [1.165, 1.54) is 11.3 Å². The third-order valence-electron chi connectivity index (χ3n) is 2.66. The first-order valence-electron chi connectivity index (χ1n) is 5.65. The molecule has 0 bridgehead atoms. The lowest BCUT2D eigenvalue weighted by Gasteiger charge is -2.15. The van der Waals surface area contributed by atoms with Crippen molar-refractivity contribution in [2.24, 2.45) is 0 Å². The summed E-state index contributed by atoms with van der Waals surface area (Å²) in [6, 6.07) is 7.37. The van der Waals surface area contributed by atoms with Gasteiger partial charge in [0.05, 0.1) is 11.0 Å². The van der Waals surface area contributed by atoms with Crippen LogP contribution in [0.1, 0.15) is 34.0 Å². The lowest BCUT2D eigenvalue weighted by atomic mass is 10.1. The summed E-state index contributed by atoms with van der Waals surface area (Å²) < 4.78 is 0. The van der Waals surface area contributed by atoms with E-state index in [9.17, 15) is 4.79 Å². The second kappa shape index (κ2) is 5.18. The zero-order valence-corrected chi connectivity index (χ0v) is 11.1. The minimum Gasteiger partial charge on any atom is -0.398 e. The van der Waals surface area contributed by atoms with Gasteiger partial charge in [-0.2, -0.15) is 0 Å². The molecule has 5 heteroatoms. The number of nitrogens with one attached hydrogen (secondary N) is 1. The lowest BCUT2D eigenvalue weighted by Crippen LogP contribution is -2.27. The number of rotatable bonds is 3. The Kier molecular flexibility index (Phi) is 3.62. The number of carbonyl (C=O) groups excluding carboxylic acids is 1. The number of nitrogens with two attached hydrogens (primary N) is 1. The molecule has 0 fully saturated rings. The van der Waals surface area contributed by atoms with Crippen molar-refractivity contribution >= 4 is 22.9 Å². The first-order chi connectivity index (χ1) is 8.58. The highest BCUT2D eigenvalue weighted by atomic mass is 32.1. The van der Waals surface area contributed by atoms with Crippen molar-refractivity contribution in [1.29, 1.82) is 0 Å². The Hall–Kier alpha value is -1.88. The van der Waals surface area contributed by atoms with Gasteiger partial charge in [-0.25, -0.2) is 4.98 Å². The van der Waals surface area contributed by atoms with Gasteiger partial charge >= 0.3 is 0 Å². The molecule has 4 nitrogen and oxygen atoms in total. The standard InChI is InChI=1S/C13H15N3OS/c1-8(10-5-3-4-6-11(10)14)15-13(17)12-7-18-9(2)16-12/h3-8H,14H2,1-2H3,(H,15,17). The third-order valence-corrected chi connectivity index (χ3v) is 3.44. The minimum absolute atomic E-state index is 0.138. The molecule has 2 aromatic rings. The number of para-hydroxylation sites is 1. The van der Waals surface area contributed by atoms with Crippen LogP contribution in [0.15, 0.2) is 29.6 Å². The van der Waals surface area contributed by atoms with Crippen molar-refractivity contribution in [1.82, 2.24) is 10.3 Å². The number of hydrogen-bond acceptors (Lipinski definition) is 4. The van der Waals surface area contributed by atoms with E-state index in [0.717, 1.165) is 10.6 Å². The second-order valence-corrected chi connectivity index (χ2v) is 5.14. The molecule has 0 radical (unpaired) electrons. The number of hydrogen-bond donors (Lipinski definition) is 2. The molecule has 1 heterocycles. The maximum atomic E-state index is 11.9. The van der Waals surface area contributed by atoms with Crippen molar-refractivity contribution < 1.29 is 4.79 Å². The molecule has 1 atom stereocenters. The van der Waals surface area contributed by atoms with E-state index in [1.807, 2.05) is 38.1 Å². The Morgan fingerprint density at radius 2 is 2.17 bits per heavy atom. The largest absolute Gasteiger partial charge is 0.398 e. The van der Waals surface area contributed by atoms with E-state index in [2.05, 4.69) is 10.3 Å². The van der Waals surface area contributed by atoms with Crippen LogP contribution in [0.4, 0.5) is 5.69 Å². The quantitative estimate of drug-likeness (QED) is 0.834. The summed E-state index contributed by atoms with van der Waals surface area (Å²) >= 11 is 1.46. The van der Waals surface area contributed by atoms with Gasteiger partial charge in [0.25, 0.3) is 5.91 Å². The fraction of sp³-hybridized carbons (Fsp3) is 0.231. The van der Waals surface area contributed by atoms with Crippen LogP contribution in [-0.2, 0) is 0 Å². The summed E-state index contributed by atoms with van der Waals surface area (Å²) in [6.45, 7) is 3.78. The molecule has 0 aliphatic carbocycles. The molecule has 1 aromatic carbocycles. The number of amides is 1. The van der Waals surface area contributed by atoms with Crippen LogP contribution in [0.2, 0.25) is 0 Å². The van der Waals surface area contributed by atoms with Gasteiger partial charge in [0.1, 0.15) is 5.69 Å². The van der Waals surface area contributed by atoms with Gasteiger partial charge in [0.2, 0.25) is 0 Å². The van der Waals surface area contributed by atoms with E-state index in [4.69, 9.17) is 5.73 Å². The lowest BCUT2D eigenvalue weighted by molar-refractivity contribution is 0.0935. The zero-order chi connectivity index (χ0) is 13.1. The molecule has 18 heavy (non-hydrogen) atoms.